The molecule has 1 spiro atoms. The van der Waals surface area contributed by atoms with E-state index in [0.717, 1.165) is 7.11 Å². The van der Waals surface area contributed by atoms with Crippen LogP contribution in [0.4, 0.5) is 13.2 Å². The van der Waals surface area contributed by atoms with Crippen molar-refractivity contribution in [2.75, 3.05) is 20.3 Å². The zero-order valence-corrected chi connectivity index (χ0v) is 19.4. The van der Waals surface area contributed by atoms with Gasteiger partial charge in [0.1, 0.15) is 0 Å². The number of hydrogen-bond acceptors (Lipinski definition) is 6. The molecule has 0 aromatic heterocycles. The number of benzene rings is 1. The SMILES string of the molecule is CO[C@@](C(=O)OC[C@]1(C)C[C@H]2[C@H](O)[C@H]3COC(=O)[C@]34C[C@]4(C)[C@H]2C1)(c1ccccc1)C(F)(F)F. The van der Waals surface area contributed by atoms with Crippen molar-refractivity contribution in [3.63, 3.8) is 0 Å². The Hall–Kier alpha value is -2.13. The van der Waals surface area contributed by atoms with Gasteiger partial charge in [0.2, 0.25) is 0 Å². The number of esters is 2. The molecular formula is C25H29F3O6. The lowest BCUT2D eigenvalue weighted by Gasteiger charge is -2.41. The van der Waals surface area contributed by atoms with Crippen molar-refractivity contribution in [3.8, 4) is 0 Å². The first-order valence-electron chi connectivity index (χ1n) is 11.6. The molecule has 1 aromatic rings. The Morgan fingerprint density at radius 1 is 1.18 bits per heavy atom. The van der Waals surface area contributed by atoms with Gasteiger partial charge in [-0.05, 0) is 36.5 Å². The number of carbonyl (C=O) groups excluding carboxylic acids is 2. The third-order valence-electron chi connectivity index (χ3n) is 9.28. The molecular weight excluding hydrogens is 453 g/mol. The van der Waals surface area contributed by atoms with Crippen LogP contribution in [-0.2, 0) is 29.4 Å². The van der Waals surface area contributed by atoms with E-state index in [2.05, 4.69) is 0 Å². The molecule has 4 aliphatic rings. The van der Waals surface area contributed by atoms with E-state index in [1.165, 1.54) is 24.3 Å². The molecule has 3 saturated carbocycles. The van der Waals surface area contributed by atoms with Gasteiger partial charge < -0.3 is 19.3 Å². The monoisotopic (exact) mass is 482 g/mol. The highest BCUT2D eigenvalue weighted by Gasteiger charge is 2.83. The lowest BCUT2D eigenvalue weighted by atomic mass is 9.63. The summed E-state index contributed by atoms with van der Waals surface area (Å²) in [4.78, 5) is 25.5. The molecule has 34 heavy (non-hydrogen) atoms. The minimum atomic E-state index is -5.04. The largest absolute Gasteiger partial charge is 0.465 e. The Kier molecular flexibility index (Phi) is 5.00. The average Bonchev–Trinajstić information content (AvgIpc) is 3.08. The third kappa shape index (κ3) is 2.83. The maximum atomic E-state index is 14.2. The molecule has 5 rings (SSSR count). The molecule has 0 unspecified atom stereocenters. The molecule has 1 aromatic carbocycles. The van der Waals surface area contributed by atoms with Crippen LogP contribution in [0.3, 0.4) is 0 Å². The van der Waals surface area contributed by atoms with E-state index >= 15 is 0 Å². The van der Waals surface area contributed by atoms with Crippen molar-refractivity contribution < 1.29 is 42.1 Å². The molecule has 4 fully saturated rings. The summed E-state index contributed by atoms with van der Waals surface area (Å²) < 4.78 is 58.0. The molecule has 9 heteroatoms. The van der Waals surface area contributed by atoms with Gasteiger partial charge in [-0.2, -0.15) is 13.2 Å². The highest BCUT2D eigenvalue weighted by molar-refractivity contribution is 5.85. The van der Waals surface area contributed by atoms with Crippen LogP contribution in [-0.4, -0.2) is 49.6 Å². The number of cyclic esters (lactones) is 1. The Morgan fingerprint density at radius 3 is 2.47 bits per heavy atom. The second-order valence-electron chi connectivity index (χ2n) is 11.1. The number of ether oxygens (including phenoxy) is 3. The molecule has 3 aliphatic carbocycles. The zero-order chi connectivity index (χ0) is 24.7. The molecule has 0 bridgehead atoms. The number of rotatable bonds is 5. The minimum absolute atomic E-state index is 0.00276. The summed E-state index contributed by atoms with van der Waals surface area (Å²) in [5.41, 5.74) is -5.20. The van der Waals surface area contributed by atoms with E-state index in [9.17, 15) is 27.9 Å². The summed E-state index contributed by atoms with van der Waals surface area (Å²) in [6.07, 6.45) is -4.10. The number of halogens is 3. The lowest BCUT2D eigenvalue weighted by molar-refractivity contribution is -0.277. The van der Waals surface area contributed by atoms with Crippen LogP contribution >= 0.6 is 0 Å². The second-order valence-corrected chi connectivity index (χ2v) is 11.1. The average molecular weight is 482 g/mol. The number of aliphatic hydroxyl groups is 1. The molecule has 8 atom stereocenters. The predicted octanol–water partition coefficient (Wildman–Crippen LogP) is 3.61. The Labute approximate surface area is 195 Å². The maximum Gasteiger partial charge on any atom is 0.432 e. The lowest BCUT2D eigenvalue weighted by Crippen LogP contribution is -2.52. The standard InChI is InChI=1S/C25H29F3O6/c1-21(13-34-20(31)24(32-3,25(26,27)28)14-7-5-4-6-8-14)9-15-16(10-21)22(2)12-23(22)17(18(15)29)11-33-19(23)30/h4-8,15-18,29H,9-13H2,1-3H3/t15-,16+,17-,18+,21-,22-,23+,24-/m1/s1. The van der Waals surface area contributed by atoms with Gasteiger partial charge in [0.05, 0.1) is 24.7 Å². The molecule has 1 N–H and O–H groups in total. The van der Waals surface area contributed by atoms with Crippen molar-refractivity contribution in [3.05, 3.63) is 35.9 Å². The van der Waals surface area contributed by atoms with E-state index < -0.39 is 34.7 Å². The van der Waals surface area contributed by atoms with Crippen molar-refractivity contribution in [2.45, 2.75) is 51.0 Å². The summed E-state index contributed by atoms with van der Waals surface area (Å²) >= 11 is 0. The smallest absolute Gasteiger partial charge is 0.432 e. The van der Waals surface area contributed by atoms with Gasteiger partial charge in [-0.3, -0.25) is 4.79 Å². The van der Waals surface area contributed by atoms with Crippen LogP contribution in [0.2, 0.25) is 0 Å². The van der Waals surface area contributed by atoms with Crippen LogP contribution in [0.25, 0.3) is 0 Å². The molecule has 186 valence electrons. The quantitative estimate of drug-likeness (QED) is 0.646. The molecule has 1 aliphatic heterocycles. The fourth-order valence-electron chi connectivity index (χ4n) is 7.51. The van der Waals surface area contributed by atoms with E-state index in [4.69, 9.17) is 14.2 Å². The number of alkyl halides is 3. The fourth-order valence-corrected chi connectivity index (χ4v) is 7.51. The normalized spacial score (nSPS) is 42.1. The first kappa shape index (κ1) is 23.6. The van der Waals surface area contributed by atoms with Gasteiger partial charge in [0.25, 0.3) is 5.60 Å². The van der Waals surface area contributed by atoms with Crippen molar-refractivity contribution >= 4 is 11.9 Å². The second kappa shape index (κ2) is 7.20. The number of methoxy groups -OCH3 is 1. The third-order valence-corrected chi connectivity index (χ3v) is 9.28. The molecule has 1 heterocycles. The van der Waals surface area contributed by atoms with Gasteiger partial charge in [-0.1, -0.05) is 44.2 Å². The van der Waals surface area contributed by atoms with Crippen LogP contribution in [0.1, 0.15) is 38.7 Å². The van der Waals surface area contributed by atoms with Gasteiger partial charge in [-0.25, -0.2) is 4.79 Å². The maximum absolute atomic E-state index is 14.2. The Balaban J connectivity index is 1.37. The minimum Gasteiger partial charge on any atom is -0.465 e. The number of hydrogen-bond donors (Lipinski definition) is 1. The van der Waals surface area contributed by atoms with Gasteiger partial charge >= 0.3 is 18.1 Å². The molecule has 0 amide bonds. The van der Waals surface area contributed by atoms with Crippen LogP contribution in [0.5, 0.6) is 0 Å². The van der Waals surface area contributed by atoms with Crippen LogP contribution in [0, 0.1) is 34.0 Å². The topological polar surface area (TPSA) is 82.1 Å². The first-order chi connectivity index (χ1) is 15.9. The van der Waals surface area contributed by atoms with E-state index in [1.54, 1.807) is 6.07 Å². The number of carbonyl (C=O) groups is 2. The molecule has 6 nitrogen and oxygen atoms in total. The van der Waals surface area contributed by atoms with Gasteiger partial charge in [0.15, 0.2) is 0 Å². The summed E-state index contributed by atoms with van der Waals surface area (Å²) in [6, 6.07) is 6.73. The Morgan fingerprint density at radius 2 is 1.85 bits per heavy atom. The van der Waals surface area contributed by atoms with Crippen molar-refractivity contribution in [1.29, 1.82) is 0 Å². The summed E-state index contributed by atoms with van der Waals surface area (Å²) in [5.74, 6) is -2.17. The summed E-state index contributed by atoms with van der Waals surface area (Å²) in [6.45, 7) is 3.87. The number of aliphatic hydroxyl groups excluding tert-OH is 1. The van der Waals surface area contributed by atoms with Crippen molar-refractivity contribution in [2.24, 2.45) is 34.0 Å². The molecule has 0 radical (unpaired) electrons. The zero-order valence-electron chi connectivity index (χ0n) is 19.4. The van der Waals surface area contributed by atoms with E-state index in [1.807, 2.05) is 13.8 Å². The van der Waals surface area contributed by atoms with Crippen LogP contribution in [0.15, 0.2) is 30.3 Å². The highest BCUT2D eigenvalue weighted by atomic mass is 19.4. The van der Waals surface area contributed by atoms with Gasteiger partial charge in [0, 0.05) is 24.0 Å². The first-order valence-corrected chi connectivity index (χ1v) is 11.6. The van der Waals surface area contributed by atoms with E-state index in [-0.39, 0.29) is 47.9 Å². The Bertz CT molecular complexity index is 1010. The molecule has 1 saturated heterocycles. The fraction of sp³-hybridized carbons (Fsp3) is 0.680. The van der Waals surface area contributed by atoms with Crippen molar-refractivity contribution in [1.82, 2.24) is 0 Å². The van der Waals surface area contributed by atoms with E-state index in [0.29, 0.717) is 19.3 Å². The summed E-state index contributed by atoms with van der Waals surface area (Å²) in [5, 5.41) is 11.1. The number of fused-ring (bicyclic) bond motifs is 2. The highest BCUT2D eigenvalue weighted by Crippen LogP contribution is 2.81. The summed E-state index contributed by atoms with van der Waals surface area (Å²) in [7, 11) is 0.842. The van der Waals surface area contributed by atoms with Crippen LogP contribution < -0.4 is 0 Å². The predicted molar refractivity (Wildman–Crippen MR) is 112 cm³/mol. The van der Waals surface area contributed by atoms with Gasteiger partial charge in [-0.15, -0.1) is 0 Å².